The predicted molar refractivity (Wildman–Crippen MR) is 79.7 cm³/mol. The van der Waals surface area contributed by atoms with E-state index in [4.69, 9.17) is 9.47 Å². The van der Waals surface area contributed by atoms with Gasteiger partial charge in [-0.2, -0.15) is 0 Å². The molecule has 0 N–H and O–H groups in total. The molecule has 0 aliphatic carbocycles. The third-order valence-corrected chi connectivity index (χ3v) is 3.19. The average molecular weight is 286 g/mol. The van der Waals surface area contributed by atoms with Crippen LogP contribution in [0.4, 0.5) is 0 Å². The normalized spacial score (nSPS) is 27.8. The van der Waals surface area contributed by atoms with Crippen LogP contribution < -0.4 is 0 Å². The molecule has 0 spiro atoms. The van der Waals surface area contributed by atoms with Crippen LogP contribution >= 0.6 is 12.4 Å². The summed E-state index contributed by atoms with van der Waals surface area (Å²) in [6.07, 6.45) is 1.18. The van der Waals surface area contributed by atoms with E-state index in [-0.39, 0.29) is 18.5 Å². The standard InChI is InChI=1S/C15H23NO2.ClH/c1-4-10-17-15(14-8-6-5-7-9-14)12-16(3)11-13(2)18-15;/h5-9,13H,4,10-12H2,1-3H3;1H. The average Bonchev–Trinajstić information content (AvgIpc) is 2.36. The van der Waals surface area contributed by atoms with Gasteiger partial charge in [-0.3, -0.25) is 4.90 Å². The molecule has 0 saturated carbocycles. The highest BCUT2D eigenvalue weighted by atomic mass is 35.5. The number of morpholine rings is 1. The molecule has 0 aromatic heterocycles. The maximum atomic E-state index is 6.17. The molecule has 1 fully saturated rings. The smallest absolute Gasteiger partial charge is 0.208 e. The Labute approximate surface area is 122 Å². The summed E-state index contributed by atoms with van der Waals surface area (Å²) in [6, 6.07) is 10.3. The molecule has 1 aliphatic heterocycles. The van der Waals surface area contributed by atoms with Crippen molar-refractivity contribution >= 4 is 12.4 Å². The Bertz CT molecular complexity index is 362. The molecule has 1 aromatic rings. The molecular weight excluding hydrogens is 262 g/mol. The minimum absolute atomic E-state index is 0. The van der Waals surface area contributed by atoms with Gasteiger partial charge in [0.25, 0.3) is 0 Å². The van der Waals surface area contributed by atoms with Crippen molar-refractivity contribution in [3.8, 4) is 0 Å². The van der Waals surface area contributed by atoms with Gasteiger partial charge in [0.2, 0.25) is 5.79 Å². The van der Waals surface area contributed by atoms with Crippen LogP contribution in [0.3, 0.4) is 0 Å². The van der Waals surface area contributed by atoms with Crippen molar-refractivity contribution in [1.29, 1.82) is 0 Å². The Balaban J connectivity index is 0.00000180. The van der Waals surface area contributed by atoms with Gasteiger partial charge in [0.15, 0.2) is 0 Å². The second-order valence-electron chi connectivity index (χ2n) is 5.09. The third-order valence-electron chi connectivity index (χ3n) is 3.19. The zero-order valence-electron chi connectivity index (χ0n) is 12.0. The summed E-state index contributed by atoms with van der Waals surface area (Å²) in [5.41, 5.74) is 1.11. The van der Waals surface area contributed by atoms with Crippen molar-refractivity contribution in [2.75, 3.05) is 26.7 Å². The molecule has 1 saturated heterocycles. The quantitative estimate of drug-likeness (QED) is 0.849. The minimum atomic E-state index is -0.607. The van der Waals surface area contributed by atoms with E-state index in [1.165, 1.54) is 0 Å². The van der Waals surface area contributed by atoms with Gasteiger partial charge in [-0.1, -0.05) is 37.3 Å². The van der Waals surface area contributed by atoms with E-state index in [2.05, 4.69) is 37.9 Å². The summed E-state index contributed by atoms with van der Waals surface area (Å²) in [5.74, 6) is -0.607. The Kier molecular flexibility index (Phi) is 6.27. The second kappa shape index (κ2) is 7.25. The van der Waals surface area contributed by atoms with Gasteiger partial charge >= 0.3 is 0 Å². The Morgan fingerprint density at radius 2 is 2.05 bits per heavy atom. The molecule has 1 heterocycles. The van der Waals surface area contributed by atoms with Gasteiger partial charge in [0, 0.05) is 12.1 Å². The van der Waals surface area contributed by atoms with E-state index in [0.717, 1.165) is 31.7 Å². The molecular formula is C15H24ClNO2. The fourth-order valence-corrected chi connectivity index (χ4v) is 2.54. The lowest BCUT2D eigenvalue weighted by Crippen LogP contribution is -2.53. The SMILES string of the molecule is CCCOC1(c2ccccc2)CN(C)CC(C)O1.Cl. The molecule has 2 atom stereocenters. The highest BCUT2D eigenvalue weighted by Crippen LogP contribution is 2.33. The summed E-state index contributed by atoms with van der Waals surface area (Å²) in [6.45, 7) is 6.66. The Morgan fingerprint density at radius 1 is 1.37 bits per heavy atom. The monoisotopic (exact) mass is 285 g/mol. The van der Waals surface area contributed by atoms with Crippen LogP contribution in [0.25, 0.3) is 0 Å². The van der Waals surface area contributed by atoms with E-state index >= 15 is 0 Å². The van der Waals surface area contributed by atoms with Gasteiger partial charge in [-0.05, 0) is 20.4 Å². The lowest BCUT2D eigenvalue weighted by atomic mass is 10.0. The fourth-order valence-electron chi connectivity index (χ4n) is 2.54. The lowest BCUT2D eigenvalue weighted by Gasteiger charge is -2.44. The summed E-state index contributed by atoms with van der Waals surface area (Å²) in [5, 5.41) is 0. The van der Waals surface area contributed by atoms with Crippen molar-refractivity contribution in [2.24, 2.45) is 0 Å². The van der Waals surface area contributed by atoms with E-state index in [1.54, 1.807) is 0 Å². The van der Waals surface area contributed by atoms with Crippen molar-refractivity contribution in [3.63, 3.8) is 0 Å². The maximum absolute atomic E-state index is 6.17. The fraction of sp³-hybridized carbons (Fsp3) is 0.600. The number of hydrogen-bond acceptors (Lipinski definition) is 3. The van der Waals surface area contributed by atoms with Crippen LogP contribution in [0.15, 0.2) is 30.3 Å². The number of rotatable bonds is 4. The number of hydrogen-bond donors (Lipinski definition) is 0. The molecule has 0 bridgehead atoms. The van der Waals surface area contributed by atoms with Crippen molar-refractivity contribution in [2.45, 2.75) is 32.2 Å². The summed E-state index contributed by atoms with van der Waals surface area (Å²) in [7, 11) is 2.12. The van der Waals surface area contributed by atoms with Crippen LogP contribution in [0.5, 0.6) is 0 Å². The third kappa shape index (κ3) is 3.93. The van der Waals surface area contributed by atoms with Crippen LogP contribution in [-0.2, 0) is 15.3 Å². The van der Waals surface area contributed by atoms with Crippen LogP contribution in [0.2, 0.25) is 0 Å². The number of benzene rings is 1. The predicted octanol–water partition coefficient (Wildman–Crippen LogP) is 3.04. The van der Waals surface area contributed by atoms with Crippen molar-refractivity contribution in [1.82, 2.24) is 4.90 Å². The number of likely N-dealkylation sites (N-methyl/N-ethyl adjacent to an activating group) is 1. The largest absolute Gasteiger partial charge is 0.345 e. The zero-order valence-corrected chi connectivity index (χ0v) is 12.8. The van der Waals surface area contributed by atoms with Crippen LogP contribution in [-0.4, -0.2) is 37.7 Å². The second-order valence-corrected chi connectivity index (χ2v) is 5.09. The molecule has 108 valence electrons. The lowest BCUT2D eigenvalue weighted by molar-refractivity contribution is -0.295. The molecule has 2 unspecified atom stereocenters. The Morgan fingerprint density at radius 3 is 2.63 bits per heavy atom. The Hall–Kier alpha value is -0.610. The van der Waals surface area contributed by atoms with E-state index in [1.807, 2.05) is 18.2 Å². The summed E-state index contributed by atoms with van der Waals surface area (Å²) >= 11 is 0. The van der Waals surface area contributed by atoms with Gasteiger partial charge < -0.3 is 9.47 Å². The molecule has 1 aromatic carbocycles. The first-order chi connectivity index (χ1) is 8.66. The number of nitrogens with zero attached hydrogens (tertiary/aromatic N) is 1. The van der Waals surface area contributed by atoms with E-state index < -0.39 is 5.79 Å². The molecule has 0 amide bonds. The first-order valence-electron chi connectivity index (χ1n) is 6.72. The first-order valence-corrected chi connectivity index (χ1v) is 6.72. The van der Waals surface area contributed by atoms with E-state index in [9.17, 15) is 0 Å². The maximum Gasteiger partial charge on any atom is 0.208 e. The van der Waals surface area contributed by atoms with Crippen LogP contribution in [0.1, 0.15) is 25.8 Å². The topological polar surface area (TPSA) is 21.7 Å². The number of ether oxygens (including phenoxy) is 2. The van der Waals surface area contributed by atoms with Crippen molar-refractivity contribution < 1.29 is 9.47 Å². The van der Waals surface area contributed by atoms with Crippen LogP contribution in [0, 0.1) is 0 Å². The summed E-state index contributed by atoms with van der Waals surface area (Å²) in [4.78, 5) is 2.27. The highest BCUT2D eigenvalue weighted by molar-refractivity contribution is 5.85. The first kappa shape index (κ1) is 16.4. The van der Waals surface area contributed by atoms with Gasteiger partial charge in [-0.15, -0.1) is 12.4 Å². The molecule has 2 rings (SSSR count). The molecule has 19 heavy (non-hydrogen) atoms. The number of halogens is 1. The molecule has 4 heteroatoms. The van der Waals surface area contributed by atoms with Gasteiger partial charge in [0.1, 0.15) is 0 Å². The minimum Gasteiger partial charge on any atom is -0.345 e. The zero-order chi connectivity index (χ0) is 13.0. The highest BCUT2D eigenvalue weighted by Gasteiger charge is 2.40. The van der Waals surface area contributed by atoms with Crippen molar-refractivity contribution in [3.05, 3.63) is 35.9 Å². The molecule has 0 radical (unpaired) electrons. The van der Waals surface area contributed by atoms with Gasteiger partial charge in [-0.25, -0.2) is 0 Å². The van der Waals surface area contributed by atoms with E-state index in [0.29, 0.717) is 0 Å². The molecule has 3 nitrogen and oxygen atoms in total. The van der Waals surface area contributed by atoms with Gasteiger partial charge in [0.05, 0.1) is 19.3 Å². The molecule has 1 aliphatic rings. The summed E-state index contributed by atoms with van der Waals surface area (Å²) < 4.78 is 12.3.